The van der Waals surface area contributed by atoms with Crippen molar-refractivity contribution in [3.8, 4) is 11.1 Å². The molecular formula is C39H44N2O5. The molecule has 7 nitrogen and oxygen atoms in total. The SMILES string of the molecule is COCC1CCCN1CC1OC(c2ccc(-c3ccccc3CNC(=O)c3ccccc3)cc2)OC(c2ccc(CO)cc2)C1C. The van der Waals surface area contributed by atoms with Gasteiger partial charge in [-0.3, -0.25) is 9.69 Å². The summed E-state index contributed by atoms with van der Waals surface area (Å²) in [6.45, 7) is 5.25. The summed E-state index contributed by atoms with van der Waals surface area (Å²) in [6, 6.07) is 34.3. The van der Waals surface area contributed by atoms with Crippen molar-refractivity contribution in [3.05, 3.63) is 131 Å². The quantitative estimate of drug-likeness (QED) is 0.195. The summed E-state index contributed by atoms with van der Waals surface area (Å²) in [4.78, 5) is 15.2. The van der Waals surface area contributed by atoms with Crippen LogP contribution in [0.4, 0.5) is 0 Å². The topological polar surface area (TPSA) is 80.3 Å². The van der Waals surface area contributed by atoms with Crippen LogP contribution in [0, 0.1) is 5.92 Å². The summed E-state index contributed by atoms with van der Waals surface area (Å²) >= 11 is 0. The molecule has 5 unspecified atom stereocenters. The van der Waals surface area contributed by atoms with Gasteiger partial charge in [-0.1, -0.05) is 97.9 Å². The maximum absolute atomic E-state index is 12.7. The number of rotatable bonds is 11. The van der Waals surface area contributed by atoms with Gasteiger partial charge in [0.25, 0.3) is 5.91 Å². The Morgan fingerprint density at radius 3 is 2.37 bits per heavy atom. The normalized spacial score (nSPS) is 23.3. The first kappa shape index (κ1) is 32.1. The number of nitrogens with one attached hydrogen (secondary N) is 1. The molecule has 2 N–H and O–H groups in total. The molecule has 0 saturated carbocycles. The van der Waals surface area contributed by atoms with Crippen molar-refractivity contribution < 1.29 is 24.1 Å². The highest BCUT2D eigenvalue weighted by Gasteiger charge is 2.40. The predicted molar refractivity (Wildman–Crippen MR) is 179 cm³/mol. The molecule has 4 aromatic carbocycles. The molecule has 2 heterocycles. The molecule has 240 valence electrons. The molecule has 1 amide bonds. The molecule has 2 aliphatic heterocycles. The number of nitrogens with zero attached hydrogens (tertiary/aromatic N) is 1. The third kappa shape index (κ3) is 7.41. The van der Waals surface area contributed by atoms with E-state index in [0.717, 1.165) is 59.5 Å². The molecule has 46 heavy (non-hydrogen) atoms. The van der Waals surface area contributed by atoms with Crippen molar-refractivity contribution in [2.24, 2.45) is 5.92 Å². The van der Waals surface area contributed by atoms with Gasteiger partial charge in [-0.05, 0) is 59.3 Å². The number of amides is 1. The van der Waals surface area contributed by atoms with E-state index < -0.39 is 6.29 Å². The number of carbonyl (C=O) groups is 1. The molecule has 0 aromatic heterocycles. The number of likely N-dealkylation sites (tertiary alicyclic amines) is 1. The molecule has 2 saturated heterocycles. The lowest BCUT2D eigenvalue weighted by Gasteiger charge is -2.43. The van der Waals surface area contributed by atoms with E-state index in [-0.39, 0.29) is 30.6 Å². The van der Waals surface area contributed by atoms with Gasteiger partial charge in [0.1, 0.15) is 0 Å². The van der Waals surface area contributed by atoms with Crippen LogP contribution >= 0.6 is 0 Å². The third-order valence-electron chi connectivity index (χ3n) is 9.38. The van der Waals surface area contributed by atoms with Gasteiger partial charge in [0, 0.05) is 43.3 Å². The lowest BCUT2D eigenvalue weighted by Crippen LogP contribution is -2.46. The van der Waals surface area contributed by atoms with Crippen LogP contribution in [0.3, 0.4) is 0 Å². The van der Waals surface area contributed by atoms with Crippen molar-refractivity contribution in [3.63, 3.8) is 0 Å². The number of hydrogen-bond acceptors (Lipinski definition) is 6. The first-order valence-corrected chi connectivity index (χ1v) is 16.3. The van der Waals surface area contributed by atoms with Gasteiger partial charge in [0.15, 0.2) is 6.29 Å². The molecule has 2 fully saturated rings. The second-order valence-electron chi connectivity index (χ2n) is 12.4. The van der Waals surface area contributed by atoms with Crippen molar-refractivity contribution in [1.82, 2.24) is 10.2 Å². The van der Waals surface area contributed by atoms with Crippen LogP contribution in [-0.2, 0) is 27.4 Å². The number of aliphatic hydroxyl groups excluding tert-OH is 1. The highest BCUT2D eigenvalue weighted by atomic mass is 16.7. The molecule has 6 rings (SSSR count). The average molecular weight is 621 g/mol. The second kappa shape index (κ2) is 15.2. The number of hydrogen-bond donors (Lipinski definition) is 2. The van der Waals surface area contributed by atoms with Crippen molar-refractivity contribution in [2.45, 2.75) is 57.5 Å². The average Bonchev–Trinajstić information content (AvgIpc) is 3.55. The first-order valence-electron chi connectivity index (χ1n) is 16.3. The van der Waals surface area contributed by atoms with Gasteiger partial charge >= 0.3 is 0 Å². The Kier molecular flexibility index (Phi) is 10.6. The Hall–Kier alpha value is -3.85. The smallest absolute Gasteiger partial charge is 0.251 e. The molecule has 7 heteroatoms. The summed E-state index contributed by atoms with van der Waals surface area (Å²) in [5, 5.41) is 12.7. The summed E-state index contributed by atoms with van der Waals surface area (Å²) in [6.07, 6.45) is 1.59. The van der Waals surface area contributed by atoms with E-state index in [2.05, 4.69) is 65.7 Å². The van der Waals surface area contributed by atoms with Crippen LogP contribution in [0.5, 0.6) is 0 Å². The molecule has 4 aromatic rings. The molecule has 0 spiro atoms. The van der Waals surface area contributed by atoms with Gasteiger partial charge < -0.3 is 24.6 Å². The van der Waals surface area contributed by atoms with Crippen molar-refractivity contribution in [1.29, 1.82) is 0 Å². The van der Waals surface area contributed by atoms with Crippen LogP contribution in [0.2, 0.25) is 0 Å². The van der Waals surface area contributed by atoms with E-state index in [1.807, 2.05) is 54.6 Å². The Bertz CT molecular complexity index is 1560. The molecular weight excluding hydrogens is 576 g/mol. The van der Waals surface area contributed by atoms with Gasteiger partial charge in [0.2, 0.25) is 0 Å². The zero-order valence-corrected chi connectivity index (χ0v) is 26.7. The van der Waals surface area contributed by atoms with Gasteiger partial charge in [-0.25, -0.2) is 0 Å². The van der Waals surface area contributed by atoms with Crippen molar-refractivity contribution in [2.75, 3.05) is 26.8 Å². The highest BCUT2D eigenvalue weighted by molar-refractivity contribution is 5.94. The van der Waals surface area contributed by atoms with Crippen LogP contribution in [0.15, 0.2) is 103 Å². The maximum Gasteiger partial charge on any atom is 0.251 e. The van der Waals surface area contributed by atoms with E-state index >= 15 is 0 Å². The Morgan fingerprint density at radius 2 is 1.63 bits per heavy atom. The predicted octanol–water partition coefficient (Wildman–Crippen LogP) is 6.68. The monoisotopic (exact) mass is 620 g/mol. The Balaban J connectivity index is 1.21. The molecule has 0 radical (unpaired) electrons. The number of methoxy groups -OCH3 is 1. The maximum atomic E-state index is 12.7. The lowest BCUT2D eigenvalue weighted by molar-refractivity contribution is -0.276. The fourth-order valence-corrected chi connectivity index (χ4v) is 6.72. The lowest BCUT2D eigenvalue weighted by atomic mass is 9.89. The van der Waals surface area contributed by atoms with E-state index in [0.29, 0.717) is 18.2 Å². The second-order valence-corrected chi connectivity index (χ2v) is 12.4. The van der Waals surface area contributed by atoms with E-state index in [1.54, 1.807) is 7.11 Å². The summed E-state index contributed by atoms with van der Waals surface area (Å²) in [5.74, 6) is 0.0291. The fourth-order valence-electron chi connectivity index (χ4n) is 6.72. The molecule has 0 bridgehead atoms. The minimum atomic E-state index is -0.526. The zero-order valence-electron chi connectivity index (χ0n) is 26.7. The van der Waals surface area contributed by atoms with Gasteiger partial charge in [-0.2, -0.15) is 0 Å². The molecule has 2 aliphatic rings. The van der Waals surface area contributed by atoms with Gasteiger partial charge in [-0.15, -0.1) is 0 Å². The molecule has 5 atom stereocenters. The molecule has 0 aliphatic carbocycles. The summed E-state index contributed by atoms with van der Waals surface area (Å²) < 4.78 is 19.0. The van der Waals surface area contributed by atoms with Crippen molar-refractivity contribution >= 4 is 5.91 Å². The van der Waals surface area contributed by atoms with E-state index in [1.165, 1.54) is 6.42 Å². The number of benzene rings is 4. The number of aliphatic hydroxyl groups is 1. The number of ether oxygens (including phenoxy) is 3. The highest BCUT2D eigenvalue weighted by Crippen LogP contribution is 2.42. The van der Waals surface area contributed by atoms with Crippen LogP contribution < -0.4 is 5.32 Å². The zero-order chi connectivity index (χ0) is 31.9. The largest absolute Gasteiger partial charge is 0.392 e. The van der Waals surface area contributed by atoms with E-state index in [4.69, 9.17) is 14.2 Å². The Morgan fingerprint density at radius 1 is 0.913 bits per heavy atom. The number of carbonyl (C=O) groups excluding carboxylic acids is 1. The minimum Gasteiger partial charge on any atom is -0.392 e. The van der Waals surface area contributed by atoms with Gasteiger partial charge in [0.05, 0.1) is 25.4 Å². The summed E-state index contributed by atoms with van der Waals surface area (Å²) in [7, 11) is 1.77. The standard InChI is InChI=1S/C39H44N2O5/c1-27-36(24-41-22-8-12-34(41)26-44-2)45-39(46-37(27)30-16-14-28(25-42)15-17-30)32-20-18-29(19-21-32)35-13-7-6-11-33(35)23-40-38(43)31-9-4-3-5-10-31/h3-7,9-11,13-21,27,34,36-37,39,42H,8,12,22-26H2,1-2H3,(H,40,43). The minimum absolute atomic E-state index is 0.0143. The third-order valence-corrected chi connectivity index (χ3v) is 9.38. The van der Waals surface area contributed by atoms with Crippen LogP contribution in [-0.4, -0.2) is 54.9 Å². The Labute approximate surface area is 272 Å². The van der Waals surface area contributed by atoms with Crippen LogP contribution in [0.1, 0.15) is 64.8 Å². The van der Waals surface area contributed by atoms with E-state index in [9.17, 15) is 9.90 Å². The van der Waals surface area contributed by atoms with Crippen LogP contribution in [0.25, 0.3) is 11.1 Å². The summed E-state index contributed by atoms with van der Waals surface area (Å²) in [5.41, 5.74) is 6.74. The fraction of sp³-hybridized carbons (Fsp3) is 0.359. The first-order chi connectivity index (χ1) is 22.5.